The lowest BCUT2D eigenvalue weighted by atomic mass is 10.2. The van der Waals surface area contributed by atoms with Gasteiger partial charge in [-0.15, -0.1) is 11.3 Å². The molecule has 4 nitrogen and oxygen atoms in total. The van der Waals surface area contributed by atoms with Crippen molar-refractivity contribution in [3.05, 3.63) is 21.9 Å². The number of hydrogen-bond acceptors (Lipinski definition) is 5. The van der Waals surface area contributed by atoms with Gasteiger partial charge in [-0.1, -0.05) is 11.8 Å². The molecule has 0 spiro atoms. The predicted molar refractivity (Wildman–Crippen MR) is 77.1 cm³/mol. The number of rotatable bonds is 4. The van der Waals surface area contributed by atoms with E-state index >= 15 is 0 Å². The average molecular weight is 280 g/mol. The van der Waals surface area contributed by atoms with Gasteiger partial charge in [-0.05, 0) is 11.4 Å². The Bertz CT molecular complexity index is 452. The van der Waals surface area contributed by atoms with Crippen molar-refractivity contribution in [1.82, 2.24) is 4.90 Å². The van der Waals surface area contributed by atoms with Gasteiger partial charge < -0.3 is 15.2 Å². The maximum Gasteiger partial charge on any atom is 0.0971 e. The van der Waals surface area contributed by atoms with Crippen LogP contribution >= 0.6 is 11.3 Å². The summed E-state index contributed by atoms with van der Waals surface area (Å²) >= 11 is 1.74. The zero-order valence-corrected chi connectivity index (χ0v) is 12.2. The first-order valence-corrected chi connectivity index (χ1v) is 7.19. The van der Waals surface area contributed by atoms with Crippen molar-refractivity contribution >= 4 is 11.3 Å². The number of ether oxygens (including phenoxy) is 2. The Morgan fingerprint density at radius 3 is 2.63 bits per heavy atom. The third kappa shape index (κ3) is 3.56. The quantitative estimate of drug-likeness (QED) is 0.833. The molecular formula is C14H20N2O2S. The van der Waals surface area contributed by atoms with Gasteiger partial charge in [0.15, 0.2) is 0 Å². The highest BCUT2D eigenvalue weighted by molar-refractivity contribution is 7.10. The number of nitrogens with two attached hydrogens (primary N) is 1. The summed E-state index contributed by atoms with van der Waals surface area (Å²) in [7, 11) is 3.48. The van der Waals surface area contributed by atoms with Crippen molar-refractivity contribution in [3.8, 4) is 11.8 Å². The van der Waals surface area contributed by atoms with E-state index in [2.05, 4.69) is 28.2 Å². The third-order valence-electron chi connectivity index (χ3n) is 3.33. The molecule has 19 heavy (non-hydrogen) atoms. The molecule has 0 aromatic carbocycles. The van der Waals surface area contributed by atoms with E-state index in [-0.39, 0.29) is 12.2 Å². The summed E-state index contributed by atoms with van der Waals surface area (Å²) in [5, 5.41) is 2.08. The molecule has 1 aliphatic rings. The summed E-state index contributed by atoms with van der Waals surface area (Å²) < 4.78 is 10.9. The molecule has 2 unspecified atom stereocenters. The summed E-state index contributed by atoms with van der Waals surface area (Å²) in [6, 6.07) is 2.06. The highest BCUT2D eigenvalue weighted by Crippen LogP contribution is 2.22. The van der Waals surface area contributed by atoms with E-state index in [0.29, 0.717) is 6.54 Å². The summed E-state index contributed by atoms with van der Waals surface area (Å²) in [6.07, 6.45) is 0.312. The smallest absolute Gasteiger partial charge is 0.0971 e. The highest BCUT2D eigenvalue weighted by Gasteiger charge is 2.33. The molecule has 0 amide bonds. The first kappa shape index (κ1) is 14.5. The fourth-order valence-corrected chi connectivity index (χ4v) is 3.20. The SMILES string of the molecule is COC1CN(Cc2sccc2C#CCN)CC1OC. The Hall–Kier alpha value is -0.900. The molecule has 2 heterocycles. The van der Waals surface area contributed by atoms with Crippen molar-refractivity contribution < 1.29 is 9.47 Å². The fraction of sp³-hybridized carbons (Fsp3) is 0.571. The lowest BCUT2D eigenvalue weighted by Gasteiger charge is -2.14. The fourth-order valence-electron chi connectivity index (χ4n) is 2.32. The van der Waals surface area contributed by atoms with Crippen molar-refractivity contribution in [3.63, 3.8) is 0 Å². The lowest BCUT2D eigenvalue weighted by Crippen LogP contribution is -2.27. The summed E-state index contributed by atoms with van der Waals surface area (Å²) in [5.41, 5.74) is 6.51. The first-order chi connectivity index (χ1) is 9.28. The van der Waals surface area contributed by atoms with Crippen molar-refractivity contribution in [2.24, 2.45) is 5.73 Å². The molecule has 1 aromatic rings. The Balaban J connectivity index is 2.01. The van der Waals surface area contributed by atoms with Crippen molar-refractivity contribution in [2.45, 2.75) is 18.8 Å². The van der Waals surface area contributed by atoms with Gasteiger partial charge in [0, 0.05) is 44.3 Å². The molecule has 0 saturated carbocycles. The zero-order chi connectivity index (χ0) is 13.7. The molecule has 1 aromatic heterocycles. The van der Waals surface area contributed by atoms with E-state index in [1.807, 2.05) is 0 Å². The van der Waals surface area contributed by atoms with Crippen LogP contribution in [0.3, 0.4) is 0 Å². The van der Waals surface area contributed by atoms with Gasteiger partial charge in [-0.3, -0.25) is 4.90 Å². The van der Waals surface area contributed by atoms with E-state index < -0.39 is 0 Å². The molecule has 104 valence electrons. The number of thiophene rings is 1. The van der Waals surface area contributed by atoms with E-state index in [1.165, 1.54) is 4.88 Å². The zero-order valence-electron chi connectivity index (χ0n) is 11.4. The third-order valence-corrected chi connectivity index (χ3v) is 4.24. The van der Waals surface area contributed by atoms with Crippen LogP contribution in [0.15, 0.2) is 11.4 Å². The molecule has 0 aliphatic carbocycles. The van der Waals surface area contributed by atoms with Crippen LogP contribution in [0, 0.1) is 11.8 Å². The van der Waals surface area contributed by atoms with Gasteiger partial charge in [-0.25, -0.2) is 0 Å². The van der Waals surface area contributed by atoms with Crippen LogP contribution in [0.2, 0.25) is 0 Å². The topological polar surface area (TPSA) is 47.7 Å². The van der Waals surface area contributed by atoms with E-state index in [9.17, 15) is 0 Å². The monoisotopic (exact) mass is 280 g/mol. The van der Waals surface area contributed by atoms with E-state index in [0.717, 1.165) is 25.2 Å². The van der Waals surface area contributed by atoms with E-state index in [1.54, 1.807) is 25.6 Å². The minimum absolute atomic E-state index is 0.156. The molecule has 0 bridgehead atoms. The molecular weight excluding hydrogens is 260 g/mol. The van der Waals surface area contributed by atoms with Gasteiger partial charge in [0.25, 0.3) is 0 Å². The van der Waals surface area contributed by atoms with Crippen molar-refractivity contribution in [2.75, 3.05) is 33.9 Å². The number of nitrogens with zero attached hydrogens (tertiary/aromatic N) is 1. The minimum atomic E-state index is 0.156. The highest BCUT2D eigenvalue weighted by atomic mass is 32.1. The Labute approximate surface area is 118 Å². The second kappa shape index (κ2) is 7.04. The summed E-state index contributed by atoms with van der Waals surface area (Å²) in [4.78, 5) is 3.63. The Morgan fingerprint density at radius 1 is 1.37 bits per heavy atom. The Morgan fingerprint density at radius 2 is 2.05 bits per heavy atom. The normalized spacial score (nSPS) is 23.3. The lowest BCUT2D eigenvalue weighted by molar-refractivity contribution is -0.00461. The molecule has 0 radical (unpaired) electrons. The summed E-state index contributed by atoms with van der Waals surface area (Å²) in [5.74, 6) is 6.04. The second-order valence-corrected chi connectivity index (χ2v) is 5.51. The standard InChI is InChI=1S/C14H20N2O2S/c1-17-12-8-16(9-13(12)18-2)10-14-11(4-3-6-15)5-7-19-14/h5,7,12-13H,6,8-10,15H2,1-2H3. The first-order valence-electron chi connectivity index (χ1n) is 6.31. The molecule has 2 atom stereocenters. The maximum absolute atomic E-state index is 5.45. The predicted octanol–water partition coefficient (Wildman–Crippen LogP) is 0.904. The van der Waals surface area contributed by atoms with Gasteiger partial charge in [-0.2, -0.15) is 0 Å². The van der Waals surface area contributed by atoms with Crippen LogP contribution in [0.1, 0.15) is 10.4 Å². The van der Waals surface area contributed by atoms with Gasteiger partial charge in [0.2, 0.25) is 0 Å². The van der Waals surface area contributed by atoms with Crippen LogP contribution in [0.4, 0.5) is 0 Å². The average Bonchev–Trinajstić information content (AvgIpc) is 3.03. The molecule has 2 N–H and O–H groups in total. The largest absolute Gasteiger partial charge is 0.377 e. The number of methoxy groups -OCH3 is 2. The van der Waals surface area contributed by atoms with E-state index in [4.69, 9.17) is 15.2 Å². The van der Waals surface area contributed by atoms with Gasteiger partial charge >= 0.3 is 0 Å². The van der Waals surface area contributed by atoms with Crippen LogP contribution in [0.25, 0.3) is 0 Å². The van der Waals surface area contributed by atoms with Crippen LogP contribution < -0.4 is 5.73 Å². The Kier molecular flexibility index (Phi) is 5.37. The summed E-state index contributed by atoms with van der Waals surface area (Å²) in [6.45, 7) is 3.09. The van der Waals surface area contributed by atoms with Crippen molar-refractivity contribution in [1.29, 1.82) is 0 Å². The molecule has 1 saturated heterocycles. The molecule has 5 heteroatoms. The molecule has 2 rings (SSSR count). The van der Waals surface area contributed by atoms with Gasteiger partial charge in [0.1, 0.15) is 0 Å². The molecule has 1 fully saturated rings. The van der Waals surface area contributed by atoms with Crippen LogP contribution in [-0.4, -0.2) is 51.0 Å². The second-order valence-electron chi connectivity index (χ2n) is 4.51. The van der Waals surface area contributed by atoms with Crippen LogP contribution in [0.5, 0.6) is 0 Å². The van der Waals surface area contributed by atoms with Gasteiger partial charge in [0.05, 0.1) is 18.8 Å². The molecule has 1 aliphatic heterocycles. The minimum Gasteiger partial charge on any atom is -0.377 e. The number of hydrogen-bond donors (Lipinski definition) is 1. The number of likely N-dealkylation sites (tertiary alicyclic amines) is 1. The maximum atomic E-state index is 5.45. The van der Waals surface area contributed by atoms with Crippen LogP contribution in [-0.2, 0) is 16.0 Å².